The molecule has 0 atom stereocenters. The van der Waals surface area contributed by atoms with Gasteiger partial charge in [0.05, 0.1) is 6.21 Å². The summed E-state index contributed by atoms with van der Waals surface area (Å²) >= 11 is 0. The van der Waals surface area contributed by atoms with Gasteiger partial charge in [0.2, 0.25) is 5.95 Å². The van der Waals surface area contributed by atoms with Gasteiger partial charge >= 0.3 is 0 Å². The first kappa shape index (κ1) is 14.2. The Bertz CT molecular complexity index is 767. The summed E-state index contributed by atoms with van der Waals surface area (Å²) in [5.74, 6) is 0.226. The fraction of sp³-hybridized carbons (Fsp3) is 0.333. The monoisotopic (exact) mass is 298 g/mol. The van der Waals surface area contributed by atoms with Gasteiger partial charge in [-0.3, -0.25) is 9.78 Å². The maximum atomic E-state index is 11.4. The van der Waals surface area contributed by atoms with Crippen molar-refractivity contribution in [3.05, 3.63) is 45.4 Å². The van der Waals surface area contributed by atoms with Crippen molar-refractivity contribution in [1.82, 2.24) is 15.2 Å². The maximum Gasteiger partial charge on any atom is 0.274 e. The van der Waals surface area contributed by atoms with Crippen LogP contribution in [0.15, 0.2) is 28.1 Å². The van der Waals surface area contributed by atoms with Crippen LogP contribution in [0.3, 0.4) is 0 Å². The fourth-order valence-corrected chi connectivity index (χ4v) is 2.50. The Labute approximate surface area is 128 Å². The van der Waals surface area contributed by atoms with Crippen LogP contribution >= 0.6 is 0 Å². The number of anilines is 2. The number of rotatable bonds is 3. The van der Waals surface area contributed by atoms with Gasteiger partial charge in [-0.1, -0.05) is 6.07 Å². The van der Waals surface area contributed by atoms with E-state index < -0.39 is 0 Å². The highest BCUT2D eigenvalue weighted by atomic mass is 16.1. The molecule has 0 unspecified atom stereocenters. The van der Waals surface area contributed by atoms with Gasteiger partial charge in [-0.2, -0.15) is 5.10 Å². The van der Waals surface area contributed by atoms with E-state index in [0.717, 1.165) is 18.5 Å². The minimum Gasteiger partial charge on any atom is -0.374 e. The first-order valence-corrected chi connectivity index (χ1v) is 7.20. The molecule has 2 N–H and O–H groups in total. The van der Waals surface area contributed by atoms with E-state index in [0.29, 0.717) is 5.69 Å². The molecule has 0 radical (unpaired) electrons. The summed E-state index contributed by atoms with van der Waals surface area (Å²) in [5, 5.41) is 11.6. The van der Waals surface area contributed by atoms with Gasteiger partial charge in [0.15, 0.2) is 0 Å². The van der Waals surface area contributed by atoms with Gasteiger partial charge in [0.25, 0.3) is 5.56 Å². The number of nitrogens with one attached hydrogen (secondary N) is 2. The number of aromatic amines is 1. The molecule has 1 aromatic carbocycles. The minimum atomic E-state index is -0.274. The second kappa shape index (κ2) is 5.97. The largest absolute Gasteiger partial charge is 0.374 e. The SMILES string of the molecule is Cc1nnc(N/N=C/c2ccc3c(c2)CCCN3C)[nH]c1=O. The average Bonchev–Trinajstić information content (AvgIpc) is 2.51. The second-order valence-corrected chi connectivity index (χ2v) is 5.37. The van der Waals surface area contributed by atoms with Gasteiger partial charge in [0.1, 0.15) is 5.69 Å². The third-order valence-corrected chi connectivity index (χ3v) is 3.70. The smallest absolute Gasteiger partial charge is 0.274 e. The number of fused-ring (bicyclic) bond motifs is 1. The fourth-order valence-electron chi connectivity index (χ4n) is 2.50. The summed E-state index contributed by atoms with van der Waals surface area (Å²) in [4.78, 5) is 16.2. The molecule has 2 heterocycles. The Balaban J connectivity index is 1.73. The van der Waals surface area contributed by atoms with Crippen LogP contribution in [0.2, 0.25) is 0 Å². The van der Waals surface area contributed by atoms with E-state index >= 15 is 0 Å². The molecule has 1 aliphatic heterocycles. The summed E-state index contributed by atoms with van der Waals surface area (Å²) in [6.07, 6.45) is 3.96. The molecule has 0 amide bonds. The molecule has 0 saturated carbocycles. The molecule has 0 fully saturated rings. The second-order valence-electron chi connectivity index (χ2n) is 5.37. The van der Waals surface area contributed by atoms with Gasteiger partial charge in [-0.15, -0.1) is 10.2 Å². The molecule has 3 rings (SSSR count). The van der Waals surface area contributed by atoms with E-state index in [2.05, 4.69) is 49.8 Å². The lowest BCUT2D eigenvalue weighted by atomic mass is 10.00. The third kappa shape index (κ3) is 2.98. The van der Waals surface area contributed by atoms with E-state index in [1.807, 2.05) is 6.07 Å². The summed E-state index contributed by atoms with van der Waals surface area (Å²) in [6.45, 7) is 2.70. The molecule has 0 aliphatic carbocycles. The number of hydrogen-bond acceptors (Lipinski definition) is 6. The van der Waals surface area contributed by atoms with Crippen LogP contribution in [0, 0.1) is 6.92 Å². The van der Waals surface area contributed by atoms with Gasteiger partial charge < -0.3 is 4.90 Å². The highest BCUT2D eigenvalue weighted by Crippen LogP contribution is 2.26. The van der Waals surface area contributed by atoms with Crippen molar-refractivity contribution in [2.75, 3.05) is 23.9 Å². The molecule has 114 valence electrons. The normalized spacial score (nSPS) is 14.2. The number of H-pyrrole nitrogens is 1. The van der Waals surface area contributed by atoms with Crippen molar-refractivity contribution in [2.45, 2.75) is 19.8 Å². The minimum absolute atomic E-state index is 0.226. The Kier molecular flexibility index (Phi) is 3.86. The van der Waals surface area contributed by atoms with E-state index in [-0.39, 0.29) is 11.5 Å². The van der Waals surface area contributed by atoms with Crippen molar-refractivity contribution in [3.8, 4) is 0 Å². The predicted octanol–water partition coefficient (Wildman–Crippen LogP) is 1.30. The molecule has 22 heavy (non-hydrogen) atoms. The van der Waals surface area contributed by atoms with Crippen LogP contribution < -0.4 is 15.9 Å². The highest BCUT2D eigenvalue weighted by molar-refractivity contribution is 5.81. The first-order valence-electron chi connectivity index (χ1n) is 7.20. The zero-order valence-electron chi connectivity index (χ0n) is 12.6. The lowest BCUT2D eigenvalue weighted by molar-refractivity contribution is 0.744. The Morgan fingerprint density at radius 1 is 1.41 bits per heavy atom. The molecule has 0 spiro atoms. The first-order chi connectivity index (χ1) is 10.6. The van der Waals surface area contributed by atoms with Crippen molar-refractivity contribution in [3.63, 3.8) is 0 Å². The molecular weight excluding hydrogens is 280 g/mol. The predicted molar refractivity (Wildman–Crippen MR) is 86.6 cm³/mol. The molecule has 7 nitrogen and oxygen atoms in total. The standard InChI is InChI=1S/C15H18N6O/c1-10-14(22)17-15(20-18-10)19-16-9-11-5-6-13-12(8-11)4-3-7-21(13)2/h5-6,8-9H,3-4,7H2,1-2H3,(H2,17,19,20,22)/b16-9+. The van der Waals surface area contributed by atoms with Crippen molar-refractivity contribution >= 4 is 17.9 Å². The van der Waals surface area contributed by atoms with Crippen molar-refractivity contribution in [2.24, 2.45) is 5.10 Å². The van der Waals surface area contributed by atoms with Crippen LogP contribution in [0.1, 0.15) is 23.2 Å². The lowest BCUT2D eigenvalue weighted by Gasteiger charge is -2.27. The zero-order chi connectivity index (χ0) is 15.5. The van der Waals surface area contributed by atoms with Crippen molar-refractivity contribution in [1.29, 1.82) is 0 Å². The van der Waals surface area contributed by atoms with E-state index in [1.165, 1.54) is 17.7 Å². The molecular formula is C15H18N6O. The topological polar surface area (TPSA) is 86.3 Å². The summed E-state index contributed by atoms with van der Waals surface area (Å²) in [6, 6.07) is 6.28. The zero-order valence-corrected chi connectivity index (χ0v) is 12.6. The van der Waals surface area contributed by atoms with Gasteiger partial charge in [-0.25, -0.2) is 5.43 Å². The number of aryl methyl sites for hydroxylation is 2. The molecule has 7 heteroatoms. The summed E-state index contributed by atoms with van der Waals surface area (Å²) in [7, 11) is 2.11. The number of nitrogens with zero attached hydrogens (tertiary/aromatic N) is 4. The number of benzene rings is 1. The third-order valence-electron chi connectivity index (χ3n) is 3.70. The number of hydrogen-bond donors (Lipinski definition) is 2. The van der Waals surface area contributed by atoms with E-state index in [9.17, 15) is 4.79 Å². The van der Waals surface area contributed by atoms with Crippen molar-refractivity contribution < 1.29 is 0 Å². The van der Waals surface area contributed by atoms with Crippen LogP contribution in [0.25, 0.3) is 0 Å². The molecule has 0 bridgehead atoms. The molecule has 2 aromatic rings. The molecule has 0 saturated heterocycles. The molecule has 1 aromatic heterocycles. The van der Waals surface area contributed by atoms with E-state index in [4.69, 9.17) is 0 Å². The number of hydrazone groups is 1. The van der Waals surface area contributed by atoms with Crippen LogP contribution in [-0.2, 0) is 6.42 Å². The van der Waals surface area contributed by atoms with Crippen LogP contribution in [0.4, 0.5) is 11.6 Å². The highest BCUT2D eigenvalue weighted by Gasteiger charge is 2.13. The summed E-state index contributed by atoms with van der Waals surface area (Å²) < 4.78 is 0. The lowest BCUT2D eigenvalue weighted by Crippen LogP contribution is -2.24. The maximum absolute atomic E-state index is 11.4. The Hall–Kier alpha value is -2.70. The van der Waals surface area contributed by atoms with Crippen LogP contribution in [-0.4, -0.2) is 35.0 Å². The quantitative estimate of drug-likeness (QED) is 0.659. The van der Waals surface area contributed by atoms with Gasteiger partial charge in [0, 0.05) is 19.3 Å². The average molecular weight is 298 g/mol. The summed E-state index contributed by atoms with van der Waals surface area (Å²) in [5.41, 5.74) is 6.35. The van der Waals surface area contributed by atoms with E-state index in [1.54, 1.807) is 13.1 Å². The van der Waals surface area contributed by atoms with Crippen LogP contribution in [0.5, 0.6) is 0 Å². The molecule has 1 aliphatic rings. The number of aromatic nitrogens is 3. The van der Waals surface area contributed by atoms with Gasteiger partial charge in [-0.05, 0) is 43.0 Å². The Morgan fingerprint density at radius 3 is 3.09 bits per heavy atom. The Morgan fingerprint density at radius 2 is 2.27 bits per heavy atom.